The van der Waals surface area contributed by atoms with Crippen molar-refractivity contribution in [1.82, 2.24) is 10.2 Å². The summed E-state index contributed by atoms with van der Waals surface area (Å²) in [5.41, 5.74) is 0. The van der Waals surface area contributed by atoms with Gasteiger partial charge in [-0.2, -0.15) is 0 Å². The van der Waals surface area contributed by atoms with E-state index in [1.807, 2.05) is 6.92 Å². The van der Waals surface area contributed by atoms with Crippen LogP contribution >= 0.6 is 0 Å². The Kier molecular flexibility index (Phi) is 5.71. The maximum absolute atomic E-state index is 11.6. The van der Waals surface area contributed by atoms with Crippen LogP contribution in [-0.4, -0.2) is 65.6 Å². The van der Waals surface area contributed by atoms with Crippen molar-refractivity contribution in [1.29, 1.82) is 0 Å². The highest BCUT2D eigenvalue weighted by Crippen LogP contribution is 2.23. The predicted molar refractivity (Wildman–Crippen MR) is 67.0 cm³/mol. The summed E-state index contributed by atoms with van der Waals surface area (Å²) >= 11 is 0. The minimum Gasteiger partial charge on any atom is -0.469 e. The van der Waals surface area contributed by atoms with Crippen LogP contribution in [0, 0.1) is 5.92 Å². The Morgan fingerprint density at radius 1 is 1.37 bits per heavy atom. The minimum atomic E-state index is -1.25. The first kappa shape index (κ1) is 15.9. The maximum Gasteiger partial charge on any atom is 0.312 e. The van der Waals surface area contributed by atoms with E-state index in [1.54, 1.807) is 4.90 Å². The number of piperidine rings is 1. The molecule has 0 spiro atoms. The van der Waals surface area contributed by atoms with Gasteiger partial charge in [0.1, 0.15) is 12.3 Å². The molecule has 19 heavy (non-hydrogen) atoms. The summed E-state index contributed by atoms with van der Waals surface area (Å²) in [7, 11) is 1.24. The smallest absolute Gasteiger partial charge is 0.312 e. The number of hydrogen-bond donors (Lipinski definition) is 3. The van der Waals surface area contributed by atoms with E-state index in [1.165, 1.54) is 14.0 Å². The molecular formula is C12H22N2O5. The molecule has 4 atom stereocenters. The third kappa shape index (κ3) is 3.65. The molecule has 1 aliphatic heterocycles. The van der Waals surface area contributed by atoms with Crippen molar-refractivity contribution in [2.75, 3.05) is 20.2 Å². The van der Waals surface area contributed by atoms with Gasteiger partial charge in [0.05, 0.1) is 19.1 Å². The molecule has 0 aliphatic carbocycles. The molecule has 0 aromatic carbocycles. The fourth-order valence-electron chi connectivity index (χ4n) is 2.38. The van der Waals surface area contributed by atoms with Gasteiger partial charge in [0.15, 0.2) is 0 Å². The van der Waals surface area contributed by atoms with Crippen LogP contribution in [0.1, 0.15) is 20.3 Å². The molecule has 110 valence electrons. The number of aliphatic hydroxyl groups excluding tert-OH is 2. The third-order valence-corrected chi connectivity index (χ3v) is 3.28. The Morgan fingerprint density at radius 2 is 2.00 bits per heavy atom. The van der Waals surface area contributed by atoms with Crippen molar-refractivity contribution in [2.24, 2.45) is 5.92 Å². The van der Waals surface area contributed by atoms with Crippen LogP contribution in [0.5, 0.6) is 0 Å². The second-order valence-corrected chi connectivity index (χ2v) is 4.75. The van der Waals surface area contributed by atoms with E-state index in [2.05, 4.69) is 10.1 Å². The van der Waals surface area contributed by atoms with Crippen molar-refractivity contribution in [3.05, 3.63) is 0 Å². The molecule has 1 fully saturated rings. The first-order chi connectivity index (χ1) is 8.92. The Hall–Kier alpha value is -1.18. The Morgan fingerprint density at radius 3 is 2.47 bits per heavy atom. The molecule has 3 N–H and O–H groups in total. The van der Waals surface area contributed by atoms with E-state index in [-0.39, 0.29) is 12.5 Å². The van der Waals surface area contributed by atoms with Gasteiger partial charge in [0.25, 0.3) is 0 Å². The lowest BCUT2D eigenvalue weighted by molar-refractivity contribution is -0.167. The van der Waals surface area contributed by atoms with Gasteiger partial charge >= 0.3 is 5.97 Å². The van der Waals surface area contributed by atoms with Gasteiger partial charge in [-0.25, -0.2) is 0 Å². The minimum absolute atomic E-state index is 0.240. The summed E-state index contributed by atoms with van der Waals surface area (Å²) in [6.07, 6.45) is -2.37. The monoisotopic (exact) mass is 274 g/mol. The highest BCUT2D eigenvalue weighted by molar-refractivity contribution is 5.74. The number of aliphatic hydroxyl groups is 2. The lowest BCUT2D eigenvalue weighted by Gasteiger charge is -2.44. The summed E-state index contributed by atoms with van der Waals surface area (Å²) in [6.45, 7) is 4.14. The molecule has 0 radical (unpaired) electrons. The topological polar surface area (TPSA) is 99.1 Å². The largest absolute Gasteiger partial charge is 0.469 e. The molecule has 7 heteroatoms. The summed E-state index contributed by atoms with van der Waals surface area (Å²) in [4.78, 5) is 24.5. The highest BCUT2D eigenvalue weighted by Gasteiger charge is 2.45. The molecule has 0 unspecified atom stereocenters. The molecule has 0 bridgehead atoms. The highest BCUT2D eigenvalue weighted by atomic mass is 16.5. The van der Waals surface area contributed by atoms with Gasteiger partial charge in [-0.1, -0.05) is 6.92 Å². The molecule has 1 aliphatic rings. The number of esters is 1. The fraction of sp³-hybridized carbons (Fsp3) is 0.833. The molecule has 7 nitrogen and oxygen atoms in total. The zero-order valence-corrected chi connectivity index (χ0v) is 11.5. The first-order valence-corrected chi connectivity index (χ1v) is 6.37. The van der Waals surface area contributed by atoms with E-state index >= 15 is 0 Å². The molecular weight excluding hydrogens is 252 g/mol. The van der Waals surface area contributed by atoms with E-state index in [9.17, 15) is 19.8 Å². The summed E-state index contributed by atoms with van der Waals surface area (Å²) in [6, 6.07) is 0. The number of rotatable bonds is 4. The Bertz CT molecular complexity index is 336. The number of amides is 1. The van der Waals surface area contributed by atoms with Gasteiger partial charge in [0.2, 0.25) is 5.91 Å². The summed E-state index contributed by atoms with van der Waals surface area (Å²) in [5, 5.41) is 22.7. The number of nitrogens with zero attached hydrogens (tertiary/aromatic N) is 1. The van der Waals surface area contributed by atoms with Crippen LogP contribution in [0.3, 0.4) is 0 Å². The van der Waals surface area contributed by atoms with Crippen molar-refractivity contribution in [2.45, 2.75) is 38.6 Å². The number of carbonyl (C=O) groups is 2. The second-order valence-electron chi connectivity index (χ2n) is 4.75. The van der Waals surface area contributed by atoms with E-state index in [0.717, 1.165) is 6.42 Å². The zero-order chi connectivity index (χ0) is 14.6. The van der Waals surface area contributed by atoms with Crippen molar-refractivity contribution >= 4 is 11.9 Å². The molecule has 0 saturated carbocycles. The van der Waals surface area contributed by atoms with Crippen LogP contribution < -0.4 is 5.32 Å². The van der Waals surface area contributed by atoms with E-state index in [0.29, 0.717) is 6.54 Å². The lowest BCUT2D eigenvalue weighted by atomic mass is 9.90. The van der Waals surface area contributed by atoms with Gasteiger partial charge in [-0.15, -0.1) is 0 Å². The predicted octanol–water partition coefficient (Wildman–Crippen LogP) is -1.31. The molecule has 1 rings (SSSR count). The number of likely N-dealkylation sites (tertiary alicyclic amines) is 1. The van der Waals surface area contributed by atoms with Crippen LogP contribution in [0.15, 0.2) is 0 Å². The van der Waals surface area contributed by atoms with Crippen molar-refractivity contribution in [3.8, 4) is 0 Å². The number of methoxy groups -OCH3 is 1. The van der Waals surface area contributed by atoms with Crippen LogP contribution in [0.2, 0.25) is 0 Å². The Labute approximate surface area is 112 Å². The van der Waals surface area contributed by atoms with E-state index < -0.39 is 30.3 Å². The maximum atomic E-state index is 11.6. The summed E-state index contributed by atoms with van der Waals surface area (Å²) < 4.78 is 4.63. The number of nitrogens with one attached hydrogen (secondary N) is 1. The lowest BCUT2D eigenvalue weighted by Crippen LogP contribution is -2.66. The molecule has 1 heterocycles. The molecule has 1 saturated heterocycles. The zero-order valence-electron chi connectivity index (χ0n) is 11.5. The van der Waals surface area contributed by atoms with Gasteiger partial charge in [0, 0.05) is 13.5 Å². The average Bonchev–Trinajstić information content (AvgIpc) is 2.37. The molecule has 0 aromatic rings. The number of ether oxygens (including phenoxy) is 1. The van der Waals surface area contributed by atoms with Gasteiger partial charge < -0.3 is 20.3 Å². The first-order valence-electron chi connectivity index (χ1n) is 6.37. The summed E-state index contributed by atoms with van der Waals surface area (Å²) in [5.74, 6) is -1.67. The molecule has 1 amide bonds. The standard InChI is InChI=1S/C12H22N2O5/c1-4-5-14-6-8(12(18)19-3)9(16)10(17)11(14)13-7(2)15/h8-11,16-17H,4-6H2,1-3H3,(H,13,15)/t8-,9-,10-,11-/m0/s1. The quantitative estimate of drug-likeness (QED) is 0.550. The third-order valence-electron chi connectivity index (χ3n) is 3.28. The normalized spacial score (nSPS) is 31.8. The Balaban J connectivity index is 2.89. The van der Waals surface area contributed by atoms with Crippen molar-refractivity contribution in [3.63, 3.8) is 0 Å². The van der Waals surface area contributed by atoms with Gasteiger partial charge in [-0.05, 0) is 13.0 Å². The fourth-order valence-corrected chi connectivity index (χ4v) is 2.38. The SMILES string of the molecule is CCCN1C[C@H](C(=O)OC)[C@H](O)[C@H](O)[C@H]1NC(C)=O. The second kappa shape index (κ2) is 6.83. The van der Waals surface area contributed by atoms with Crippen LogP contribution in [-0.2, 0) is 14.3 Å². The van der Waals surface area contributed by atoms with Crippen molar-refractivity contribution < 1.29 is 24.5 Å². The molecule has 0 aromatic heterocycles. The van der Waals surface area contributed by atoms with Gasteiger partial charge in [-0.3, -0.25) is 14.5 Å². The number of hydrogen-bond acceptors (Lipinski definition) is 6. The average molecular weight is 274 g/mol. The van der Waals surface area contributed by atoms with E-state index in [4.69, 9.17) is 0 Å². The van der Waals surface area contributed by atoms with Crippen LogP contribution in [0.4, 0.5) is 0 Å². The van der Waals surface area contributed by atoms with Crippen LogP contribution in [0.25, 0.3) is 0 Å². The number of carbonyl (C=O) groups excluding carboxylic acids is 2.